The van der Waals surface area contributed by atoms with Crippen LogP contribution in [0, 0.1) is 0 Å². The largest absolute Gasteiger partial charge is 0.388 e. The summed E-state index contributed by atoms with van der Waals surface area (Å²) < 4.78 is 0. The molecule has 1 fully saturated rings. The highest BCUT2D eigenvalue weighted by atomic mass is 32.1. The van der Waals surface area contributed by atoms with Crippen LogP contribution in [0.1, 0.15) is 35.9 Å². The van der Waals surface area contributed by atoms with Gasteiger partial charge in [-0.1, -0.05) is 0 Å². The van der Waals surface area contributed by atoms with Gasteiger partial charge in [0.15, 0.2) is 0 Å². The average Bonchev–Trinajstić information content (AvgIpc) is 2.83. The molecule has 0 spiro atoms. The molecule has 1 N–H and O–H groups in total. The number of anilines is 1. The zero-order chi connectivity index (χ0) is 13.5. The van der Waals surface area contributed by atoms with E-state index >= 15 is 0 Å². The number of aliphatic hydroxyl groups is 1. The van der Waals surface area contributed by atoms with Crippen LogP contribution in [0.3, 0.4) is 0 Å². The van der Waals surface area contributed by atoms with Gasteiger partial charge < -0.3 is 10.0 Å². The highest BCUT2D eigenvalue weighted by Gasteiger charge is 2.23. The molecule has 1 saturated heterocycles. The van der Waals surface area contributed by atoms with Gasteiger partial charge in [-0.15, -0.1) is 11.3 Å². The third-order valence-corrected chi connectivity index (χ3v) is 5.50. The normalized spacial score (nSPS) is 21.4. The number of fused-ring (bicyclic) bond motifs is 1. The molecule has 20 heavy (non-hydrogen) atoms. The van der Waals surface area contributed by atoms with Crippen molar-refractivity contribution >= 4 is 17.0 Å². The average molecular weight is 286 g/mol. The van der Waals surface area contributed by atoms with E-state index in [1.165, 1.54) is 30.8 Å². The van der Waals surface area contributed by atoms with Gasteiger partial charge >= 0.3 is 0 Å². The van der Waals surface area contributed by atoms with Crippen LogP contribution in [0.4, 0.5) is 5.69 Å². The van der Waals surface area contributed by atoms with Crippen LogP contribution in [0.5, 0.6) is 0 Å². The third kappa shape index (κ3) is 2.03. The van der Waals surface area contributed by atoms with Gasteiger partial charge in [0.05, 0.1) is 16.7 Å². The van der Waals surface area contributed by atoms with Crippen molar-refractivity contribution in [3.8, 4) is 10.6 Å². The van der Waals surface area contributed by atoms with E-state index in [-0.39, 0.29) is 6.10 Å². The first kappa shape index (κ1) is 12.4. The summed E-state index contributed by atoms with van der Waals surface area (Å²) in [5.74, 6) is 0. The van der Waals surface area contributed by atoms with Gasteiger partial charge in [0.1, 0.15) is 5.01 Å². The van der Waals surface area contributed by atoms with Gasteiger partial charge in [0, 0.05) is 24.3 Å². The lowest BCUT2D eigenvalue weighted by Crippen LogP contribution is -2.36. The van der Waals surface area contributed by atoms with Crippen molar-refractivity contribution < 1.29 is 5.11 Å². The second-order valence-corrected chi connectivity index (χ2v) is 6.66. The molecule has 104 valence electrons. The molecule has 2 heterocycles. The maximum atomic E-state index is 10.0. The van der Waals surface area contributed by atoms with Gasteiger partial charge in [-0.3, -0.25) is 0 Å². The van der Waals surface area contributed by atoms with Crippen LogP contribution in [-0.4, -0.2) is 23.2 Å². The Labute approximate surface area is 122 Å². The Hall–Kier alpha value is -1.39. The quantitative estimate of drug-likeness (QED) is 0.919. The molecule has 4 heteroatoms. The van der Waals surface area contributed by atoms with Crippen LogP contribution in [0.15, 0.2) is 24.3 Å². The van der Waals surface area contributed by atoms with E-state index in [0.717, 1.165) is 34.8 Å². The summed E-state index contributed by atoms with van der Waals surface area (Å²) in [4.78, 5) is 8.20. The van der Waals surface area contributed by atoms with Gasteiger partial charge in [-0.25, -0.2) is 4.98 Å². The summed E-state index contributed by atoms with van der Waals surface area (Å²) in [7, 11) is 0. The lowest BCUT2D eigenvalue weighted by Gasteiger charge is -2.33. The number of hydrogen-bond donors (Lipinski definition) is 1. The van der Waals surface area contributed by atoms with Crippen molar-refractivity contribution in [2.75, 3.05) is 18.0 Å². The number of benzene rings is 1. The number of aryl methyl sites for hydroxylation is 1. The molecule has 4 rings (SSSR count). The Morgan fingerprint density at radius 2 is 1.95 bits per heavy atom. The fourth-order valence-corrected chi connectivity index (χ4v) is 4.05. The summed E-state index contributed by atoms with van der Waals surface area (Å²) >= 11 is 1.66. The maximum Gasteiger partial charge on any atom is 0.123 e. The fourth-order valence-electron chi connectivity index (χ4n) is 2.91. The number of rotatable bonds is 2. The van der Waals surface area contributed by atoms with E-state index in [1.807, 2.05) is 0 Å². The van der Waals surface area contributed by atoms with Gasteiger partial charge in [-0.05, 0) is 49.9 Å². The number of hydrogen-bond acceptors (Lipinski definition) is 4. The summed E-state index contributed by atoms with van der Waals surface area (Å²) in [5, 5.41) is 11.1. The Balaban J connectivity index is 1.63. The molecular formula is C16H18N2OS. The molecule has 1 aliphatic carbocycles. The Morgan fingerprint density at radius 1 is 1.15 bits per heavy atom. The number of thiazole rings is 1. The summed E-state index contributed by atoms with van der Waals surface area (Å²) in [5.41, 5.74) is 3.58. The lowest BCUT2D eigenvalue weighted by molar-refractivity contribution is 0.160. The smallest absolute Gasteiger partial charge is 0.123 e. The first-order chi connectivity index (χ1) is 9.81. The van der Waals surface area contributed by atoms with E-state index in [2.05, 4.69) is 29.2 Å². The number of nitrogens with zero attached hydrogens (tertiary/aromatic N) is 2. The van der Waals surface area contributed by atoms with Gasteiger partial charge in [-0.2, -0.15) is 0 Å². The maximum absolute atomic E-state index is 10.0. The topological polar surface area (TPSA) is 36.4 Å². The highest BCUT2D eigenvalue weighted by Crippen LogP contribution is 2.38. The van der Waals surface area contributed by atoms with Crippen molar-refractivity contribution in [2.45, 2.75) is 31.8 Å². The second-order valence-electron chi connectivity index (χ2n) is 5.63. The van der Waals surface area contributed by atoms with Gasteiger partial charge in [0.25, 0.3) is 0 Å². The number of aliphatic hydroxyl groups excluding tert-OH is 1. The molecule has 1 unspecified atom stereocenters. The second kappa shape index (κ2) is 4.86. The summed E-state index contributed by atoms with van der Waals surface area (Å²) in [6.45, 7) is 2.36. The molecule has 1 aromatic carbocycles. The molecule has 0 bridgehead atoms. The standard InChI is InChI=1S/C16H18N2OS/c19-14-4-1-3-13-15(14)20-16(17-13)11-5-7-12(8-6-11)18-9-2-10-18/h5-8,14,19H,1-4,9-10H2. The predicted octanol–water partition coefficient (Wildman–Crippen LogP) is 3.39. The van der Waals surface area contributed by atoms with Crippen LogP contribution in [-0.2, 0) is 6.42 Å². The zero-order valence-corrected chi connectivity index (χ0v) is 12.2. The van der Waals surface area contributed by atoms with E-state index in [0.29, 0.717) is 0 Å². The minimum absolute atomic E-state index is 0.301. The zero-order valence-electron chi connectivity index (χ0n) is 11.4. The first-order valence-electron chi connectivity index (χ1n) is 7.34. The van der Waals surface area contributed by atoms with Crippen LogP contribution in [0.2, 0.25) is 0 Å². The van der Waals surface area contributed by atoms with Crippen LogP contribution in [0.25, 0.3) is 10.6 Å². The van der Waals surface area contributed by atoms with Gasteiger partial charge in [0.2, 0.25) is 0 Å². The SMILES string of the molecule is OC1CCCc2nc(-c3ccc(N4CCC4)cc3)sc21. The number of aromatic nitrogens is 1. The van der Waals surface area contributed by atoms with E-state index in [1.54, 1.807) is 11.3 Å². The van der Waals surface area contributed by atoms with Crippen molar-refractivity contribution in [1.82, 2.24) is 4.98 Å². The first-order valence-corrected chi connectivity index (χ1v) is 8.16. The Kier molecular flexibility index (Phi) is 3.00. The Morgan fingerprint density at radius 3 is 2.60 bits per heavy atom. The highest BCUT2D eigenvalue weighted by molar-refractivity contribution is 7.15. The van der Waals surface area contributed by atoms with Crippen molar-refractivity contribution in [1.29, 1.82) is 0 Å². The van der Waals surface area contributed by atoms with Crippen LogP contribution < -0.4 is 4.90 Å². The lowest BCUT2D eigenvalue weighted by atomic mass is 10.0. The molecule has 1 atom stereocenters. The van der Waals surface area contributed by atoms with E-state index in [4.69, 9.17) is 4.98 Å². The molecule has 0 saturated carbocycles. The molecule has 1 aromatic heterocycles. The van der Waals surface area contributed by atoms with Crippen molar-refractivity contribution in [3.63, 3.8) is 0 Å². The van der Waals surface area contributed by atoms with Crippen molar-refractivity contribution in [2.24, 2.45) is 0 Å². The molecule has 3 nitrogen and oxygen atoms in total. The van der Waals surface area contributed by atoms with Crippen LogP contribution >= 0.6 is 11.3 Å². The molecule has 1 aliphatic heterocycles. The summed E-state index contributed by atoms with van der Waals surface area (Å²) in [6.07, 6.45) is 3.94. The monoisotopic (exact) mass is 286 g/mol. The van der Waals surface area contributed by atoms with E-state index in [9.17, 15) is 5.11 Å². The summed E-state index contributed by atoms with van der Waals surface area (Å²) in [6, 6.07) is 8.69. The minimum atomic E-state index is -0.301. The predicted molar refractivity (Wildman–Crippen MR) is 82.3 cm³/mol. The molecule has 0 amide bonds. The third-order valence-electron chi connectivity index (χ3n) is 4.26. The molecule has 2 aromatic rings. The molecular weight excluding hydrogens is 268 g/mol. The fraction of sp³-hybridized carbons (Fsp3) is 0.438. The Bertz CT molecular complexity index is 616. The molecule has 0 radical (unpaired) electrons. The van der Waals surface area contributed by atoms with E-state index < -0.39 is 0 Å². The van der Waals surface area contributed by atoms with Crippen molar-refractivity contribution in [3.05, 3.63) is 34.8 Å². The minimum Gasteiger partial charge on any atom is -0.388 e. The molecule has 2 aliphatic rings.